The van der Waals surface area contributed by atoms with E-state index in [1.54, 1.807) is 11.3 Å². The van der Waals surface area contributed by atoms with Crippen molar-refractivity contribution in [2.45, 2.75) is 31.8 Å². The van der Waals surface area contributed by atoms with Gasteiger partial charge in [0.05, 0.1) is 10.2 Å². The van der Waals surface area contributed by atoms with E-state index in [4.69, 9.17) is 4.74 Å². The van der Waals surface area contributed by atoms with Crippen LogP contribution in [0.2, 0.25) is 0 Å². The highest BCUT2D eigenvalue weighted by molar-refractivity contribution is 7.20. The average molecular weight is 247 g/mol. The van der Waals surface area contributed by atoms with Crippen molar-refractivity contribution in [3.8, 4) is 5.19 Å². The summed E-state index contributed by atoms with van der Waals surface area (Å²) in [5, 5.41) is 0.727. The molecule has 1 aliphatic rings. The Hall–Kier alpha value is -1.42. The number of carbonyl (C=O) groups is 1. The Morgan fingerprint density at radius 3 is 2.76 bits per heavy atom. The van der Waals surface area contributed by atoms with Crippen LogP contribution in [0.1, 0.15) is 25.7 Å². The van der Waals surface area contributed by atoms with Crippen LogP contribution in [-0.2, 0) is 4.79 Å². The van der Waals surface area contributed by atoms with Crippen LogP contribution in [0, 0.1) is 0 Å². The minimum atomic E-state index is 0.160. The molecule has 1 fully saturated rings. The van der Waals surface area contributed by atoms with Gasteiger partial charge in [0.1, 0.15) is 11.9 Å². The molecule has 0 atom stereocenters. The van der Waals surface area contributed by atoms with E-state index in [0.29, 0.717) is 18.6 Å². The highest BCUT2D eigenvalue weighted by atomic mass is 32.1. The van der Waals surface area contributed by atoms with Crippen molar-refractivity contribution in [2.24, 2.45) is 0 Å². The van der Waals surface area contributed by atoms with Crippen LogP contribution in [0.4, 0.5) is 0 Å². The first-order chi connectivity index (χ1) is 8.31. The number of hydrogen-bond acceptors (Lipinski definition) is 4. The molecule has 0 unspecified atom stereocenters. The molecule has 0 N–H and O–H groups in total. The van der Waals surface area contributed by atoms with Gasteiger partial charge in [-0.05, 0) is 25.0 Å². The zero-order chi connectivity index (χ0) is 11.7. The van der Waals surface area contributed by atoms with Gasteiger partial charge < -0.3 is 4.74 Å². The molecule has 0 bridgehead atoms. The van der Waals surface area contributed by atoms with E-state index in [1.807, 2.05) is 24.3 Å². The third kappa shape index (κ3) is 2.31. The van der Waals surface area contributed by atoms with Gasteiger partial charge in [-0.1, -0.05) is 23.5 Å². The number of hydrogen-bond donors (Lipinski definition) is 0. The molecule has 17 heavy (non-hydrogen) atoms. The van der Waals surface area contributed by atoms with Crippen molar-refractivity contribution in [3.05, 3.63) is 24.3 Å². The van der Waals surface area contributed by atoms with E-state index in [-0.39, 0.29) is 6.10 Å². The summed E-state index contributed by atoms with van der Waals surface area (Å²) in [7, 11) is 0. The number of ether oxygens (including phenoxy) is 1. The van der Waals surface area contributed by atoms with Gasteiger partial charge in [-0.15, -0.1) is 0 Å². The predicted octanol–water partition coefficient (Wildman–Crippen LogP) is 3.19. The van der Waals surface area contributed by atoms with E-state index < -0.39 is 0 Å². The normalized spacial score (nSPS) is 17.5. The molecule has 0 spiro atoms. The third-order valence-corrected chi connectivity index (χ3v) is 3.96. The largest absolute Gasteiger partial charge is 0.467 e. The first-order valence-electron chi connectivity index (χ1n) is 5.85. The second-order valence-corrected chi connectivity index (χ2v) is 5.30. The highest BCUT2D eigenvalue weighted by Crippen LogP contribution is 2.30. The molecule has 4 heteroatoms. The molecule has 1 saturated carbocycles. The number of carbonyl (C=O) groups excluding carboxylic acids is 1. The van der Waals surface area contributed by atoms with Crippen LogP contribution >= 0.6 is 11.3 Å². The van der Waals surface area contributed by atoms with Crippen LogP contribution in [0.25, 0.3) is 10.2 Å². The summed E-state index contributed by atoms with van der Waals surface area (Å²) in [6.45, 7) is 0. The van der Waals surface area contributed by atoms with Crippen LogP contribution in [0.15, 0.2) is 24.3 Å². The maximum atomic E-state index is 11.1. The summed E-state index contributed by atoms with van der Waals surface area (Å²) < 4.78 is 6.99. The molecule has 88 valence electrons. The molecule has 1 aromatic carbocycles. The van der Waals surface area contributed by atoms with Crippen molar-refractivity contribution in [2.75, 3.05) is 0 Å². The van der Waals surface area contributed by atoms with Crippen LogP contribution < -0.4 is 4.74 Å². The maximum Gasteiger partial charge on any atom is 0.274 e. The van der Waals surface area contributed by atoms with Gasteiger partial charge in [-0.25, -0.2) is 4.98 Å². The number of rotatable bonds is 2. The van der Waals surface area contributed by atoms with E-state index in [0.717, 1.165) is 28.3 Å². The van der Waals surface area contributed by atoms with Crippen molar-refractivity contribution in [1.29, 1.82) is 0 Å². The lowest BCUT2D eigenvalue weighted by Crippen LogP contribution is -2.23. The molecular formula is C13H13NO2S. The fraction of sp³-hybridized carbons (Fsp3) is 0.385. The smallest absolute Gasteiger partial charge is 0.274 e. The Morgan fingerprint density at radius 1 is 1.24 bits per heavy atom. The second-order valence-electron chi connectivity index (χ2n) is 4.30. The molecule has 3 rings (SSSR count). The number of nitrogens with zero attached hydrogens (tertiary/aromatic N) is 1. The summed E-state index contributed by atoms with van der Waals surface area (Å²) in [6, 6.07) is 8.02. The van der Waals surface area contributed by atoms with Crippen LogP contribution in [0.3, 0.4) is 0 Å². The molecule has 1 heterocycles. The summed E-state index contributed by atoms with van der Waals surface area (Å²) in [4.78, 5) is 15.6. The third-order valence-electron chi connectivity index (χ3n) is 3.03. The van der Waals surface area contributed by atoms with Gasteiger partial charge >= 0.3 is 0 Å². The zero-order valence-corrected chi connectivity index (χ0v) is 10.2. The van der Waals surface area contributed by atoms with Crippen molar-refractivity contribution in [1.82, 2.24) is 4.98 Å². The van der Waals surface area contributed by atoms with Gasteiger partial charge in [-0.2, -0.15) is 0 Å². The van der Waals surface area contributed by atoms with E-state index in [2.05, 4.69) is 4.98 Å². The Morgan fingerprint density at radius 2 is 2.00 bits per heavy atom. The number of Topliss-reactive ketones (excluding diaryl/α,β-unsaturated/α-hetero) is 1. The Bertz CT molecular complexity index is 506. The first kappa shape index (κ1) is 10.7. The Balaban J connectivity index is 1.74. The standard InChI is InChI=1S/C13H13NO2S/c15-9-5-7-10(8-6-9)16-13-14-11-3-1-2-4-12(11)17-13/h1-4,10H,5-8H2. The molecule has 0 radical (unpaired) electrons. The highest BCUT2D eigenvalue weighted by Gasteiger charge is 2.21. The van der Waals surface area contributed by atoms with Gasteiger partial charge in [0.2, 0.25) is 0 Å². The summed E-state index contributed by atoms with van der Waals surface area (Å²) >= 11 is 1.57. The predicted molar refractivity (Wildman–Crippen MR) is 67.5 cm³/mol. The number of aromatic nitrogens is 1. The Labute approximate surface area is 103 Å². The number of benzene rings is 1. The SMILES string of the molecule is O=C1CCC(Oc2nc3ccccc3s2)CC1. The van der Waals surface area contributed by atoms with Crippen molar-refractivity contribution < 1.29 is 9.53 Å². The zero-order valence-electron chi connectivity index (χ0n) is 9.39. The molecule has 2 aromatic rings. The quantitative estimate of drug-likeness (QED) is 0.818. The fourth-order valence-electron chi connectivity index (χ4n) is 2.08. The van der Waals surface area contributed by atoms with Gasteiger partial charge in [-0.3, -0.25) is 4.79 Å². The van der Waals surface area contributed by atoms with E-state index >= 15 is 0 Å². The van der Waals surface area contributed by atoms with E-state index in [1.165, 1.54) is 0 Å². The lowest BCUT2D eigenvalue weighted by molar-refractivity contribution is -0.121. The lowest BCUT2D eigenvalue weighted by atomic mass is 9.97. The number of ketones is 1. The minimum Gasteiger partial charge on any atom is -0.467 e. The van der Waals surface area contributed by atoms with Crippen molar-refractivity contribution in [3.63, 3.8) is 0 Å². The molecule has 0 amide bonds. The van der Waals surface area contributed by atoms with Gasteiger partial charge in [0.25, 0.3) is 5.19 Å². The summed E-state index contributed by atoms with van der Waals surface area (Å²) in [5.74, 6) is 0.356. The van der Waals surface area contributed by atoms with E-state index in [9.17, 15) is 4.79 Å². The van der Waals surface area contributed by atoms with Crippen LogP contribution in [0.5, 0.6) is 5.19 Å². The molecule has 0 saturated heterocycles. The molecule has 1 aliphatic carbocycles. The Kier molecular flexibility index (Phi) is 2.81. The summed E-state index contributed by atoms with van der Waals surface area (Å²) in [6.07, 6.45) is 3.11. The minimum absolute atomic E-state index is 0.160. The maximum absolute atomic E-state index is 11.1. The fourth-order valence-corrected chi connectivity index (χ4v) is 2.96. The number of fused-ring (bicyclic) bond motifs is 1. The average Bonchev–Trinajstić information content (AvgIpc) is 2.74. The van der Waals surface area contributed by atoms with Crippen LogP contribution in [-0.4, -0.2) is 16.9 Å². The lowest BCUT2D eigenvalue weighted by Gasteiger charge is -2.20. The van der Waals surface area contributed by atoms with Gasteiger partial charge in [0.15, 0.2) is 0 Å². The summed E-state index contributed by atoms with van der Waals surface area (Å²) in [5.41, 5.74) is 0.986. The number of thiazole rings is 1. The molecule has 3 nitrogen and oxygen atoms in total. The molecule has 0 aliphatic heterocycles. The second kappa shape index (κ2) is 4.45. The van der Waals surface area contributed by atoms with Gasteiger partial charge in [0, 0.05) is 12.8 Å². The first-order valence-corrected chi connectivity index (χ1v) is 6.67. The monoisotopic (exact) mass is 247 g/mol. The topological polar surface area (TPSA) is 39.2 Å². The molecule has 1 aromatic heterocycles. The van der Waals surface area contributed by atoms with Crippen molar-refractivity contribution >= 4 is 27.3 Å². The number of para-hydroxylation sites is 1. The molecular weight excluding hydrogens is 234 g/mol.